The zero-order chi connectivity index (χ0) is 13.3. The fourth-order valence-electron chi connectivity index (χ4n) is 1.98. The smallest absolute Gasteiger partial charge is 0.228 e. The first-order valence-electron chi connectivity index (χ1n) is 5.77. The lowest BCUT2D eigenvalue weighted by Gasteiger charge is -2.17. The van der Waals surface area contributed by atoms with Crippen molar-refractivity contribution in [2.45, 2.75) is 19.8 Å². The van der Waals surface area contributed by atoms with E-state index in [1.165, 1.54) is 0 Å². The first kappa shape index (κ1) is 12.3. The van der Waals surface area contributed by atoms with Crippen molar-refractivity contribution < 1.29 is 14.7 Å². The number of aliphatic hydroxyl groups excluding tert-OH is 1. The van der Waals surface area contributed by atoms with E-state index in [-0.39, 0.29) is 16.9 Å². The molecule has 0 spiro atoms. The average molecular weight is 242 g/mol. The minimum absolute atomic E-state index is 0.196. The minimum atomic E-state index is -0.470. The highest BCUT2D eigenvalue weighted by Gasteiger charge is 2.31. The Hall–Kier alpha value is -2.16. The van der Waals surface area contributed by atoms with Crippen molar-refractivity contribution in [1.29, 1.82) is 0 Å². The van der Waals surface area contributed by atoms with E-state index in [0.717, 1.165) is 5.57 Å². The average Bonchev–Trinajstić information content (AvgIpc) is 2.36. The van der Waals surface area contributed by atoms with Gasteiger partial charge in [0.05, 0.1) is 0 Å². The van der Waals surface area contributed by atoms with Crippen LogP contribution in [0.15, 0.2) is 47.7 Å². The molecule has 0 unspecified atom stereocenters. The molecule has 0 amide bonds. The predicted molar refractivity (Wildman–Crippen MR) is 68.8 cm³/mol. The maximum atomic E-state index is 12.2. The summed E-state index contributed by atoms with van der Waals surface area (Å²) >= 11 is 0. The maximum Gasteiger partial charge on any atom is 0.228 e. The molecule has 0 atom stereocenters. The van der Waals surface area contributed by atoms with Crippen molar-refractivity contribution in [3.63, 3.8) is 0 Å². The Balaban J connectivity index is 2.43. The number of hydrogen-bond acceptors (Lipinski definition) is 3. The molecule has 0 bridgehead atoms. The molecule has 1 aliphatic carbocycles. The van der Waals surface area contributed by atoms with Gasteiger partial charge in [-0.25, -0.2) is 0 Å². The van der Waals surface area contributed by atoms with Gasteiger partial charge in [0.15, 0.2) is 11.5 Å². The molecule has 0 aliphatic heterocycles. The molecule has 1 aromatic rings. The van der Waals surface area contributed by atoms with Crippen LogP contribution < -0.4 is 0 Å². The standard InChI is InChI=1S/C15H14O3/c1-9(2)7-8-12-13(16)10-5-3-4-6-11(10)14(17)15(12)18/h3-6,18H,1,7-8H2,2H3. The molecular weight excluding hydrogens is 228 g/mol. The van der Waals surface area contributed by atoms with Gasteiger partial charge in [-0.05, 0) is 19.8 Å². The molecule has 3 heteroatoms. The highest BCUT2D eigenvalue weighted by molar-refractivity contribution is 6.25. The van der Waals surface area contributed by atoms with Gasteiger partial charge in [0.2, 0.25) is 5.78 Å². The molecule has 1 aliphatic rings. The zero-order valence-electron chi connectivity index (χ0n) is 10.2. The molecule has 3 nitrogen and oxygen atoms in total. The lowest BCUT2D eigenvalue weighted by molar-refractivity contribution is 0.0926. The number of carbonyl (C=O) groups excluding carboxylic acids is 2. The monoisotopic (exact) mass is 242 g/mol. The third-order valence-corrected chi connectivity index (χ3v) is 2.99. The minimum Gasteiger partial charge on any atom is -0.504 e. The molecule has 1 N–H and O–H groups in total. The van der Waals surface area contributed by atoms with E-state index in [2.05, 4.69) is 6.58 Å². The summed E-state index contributed by atoms with van der Waals surface area (Å²) in [4.78, 5) is 24.1. The second-order valence-corrected chi connectivity index (χ2v) is 4.49. The van der Waals surface area contributed by atoms with Crippen LogP contribution in [0.4, 0.5) is 0 Å². The molecule has 0 saturated carbocycles. The Kier molecular flexibility index (Phi) is 3.15. The van der Waals surface area contributed by atoms with Gasteiger partial charge in [-0.3, -0.25) is 9.59 Å². The van der Waals surface area contributed by atoms with Crippen molar-refractivity contribution in [3.8, 4) is 0 Å². The van der Waals surface area contributed by atoms with Gasteiger partial charge in [-0.1, -0.05) is 29.8 Å². The highest BCUT2D eigenvalue weighted by atomic mass is 16.3. The second kappa shape index (κ2) is 4.61. The van der Waals surface area contributed by atoms with Crippen LogP contribution in [-0.2, 0) is 0 Å². The molecule has 2 rings (SSSR count). The molecule has 0 radical (unpaired) electrons. The summed E-state index contributed by atoms with van der Waals surface area (Å²) in [5, 5.41) is 9.85. The zero-order valence-corrected chi connectivity index (χ0v) is 10.2. The van der Waals surface area contributed by atoms with Crippen LogP contribution in [0.3, 0.4) is 0 Å². The Bertz CT molecular complexity index is 579. The topological polar surface area (TPSA) is 54.4 Å². The maximum absolute atomic E-state index is 12.2. The number of fused-ring (bicyclic) bond motifs is 1. The molecule has 0 heterocycles. The van der Waals surface area contributed by atoms with Gasteiger partial charge >= 0.3 is 0 Å². The summed E-state index contributed by atoms with van der Waals surface area (Å²) < 4.78 is 0. The third kappa shape index (κ3) is 1.99. The van der Waals surface area contributed by atoms with E-state index in [4.69, 9.17) is 0 Å². The Labute approximate surface area is 105 Å². The van der Waals surface area contributed by atoms with Crippen LogP contribution in [0, 0.1) is 0 Å². The van der Waals surface area contributed by atoms with E-state index < -0.39 is 11.5 Å². The summed E-state index contributed by atoms with van der Waals surface area (Å²) in [5.74, 6) is -1.15. The Morgan fingerprint density at radius 1 is 1.17 bits per heavy atom. The van der Waals surface area contributed by atoms with E-state index in [0.29, 0.717) is 18.4 Å². The normalized spacial score (nSPS) is 14.7. The van der Waals surface area contributed by atoms with E-state index in [1.807, 2.05) is 6.92 Å². The van der Waals surface area contributed by atoms with E-state index >= 15 is 0 Å². The largest absolute Gasteiger partial charge is 0.504 e. The summed E-state index contributed by atoms with van der Waals surface area (Å²) in [6.07, 6.45) is 0.931. The number of carbonyl (C=O) groups is 2. The molecule has 0 saturated heterocycles. The number of Topliss-reactive ketones (excluding diaryl/α,β-unsaturated/α-hetero) is 2. The Morgan fingerprint density at radius 2 is 1.72 bits per heavy atom. The number of hydrogen-bond donors (Lipinski definition) is 1. The highest BCUT2D eigenvalue weighted by Crippen LogP contribution is 2.28. The second-order valence-electron chi connectivity index (χ2n) is 4.49. The summed E-state index contributed by atoms with van der Waals surface area (Å²) in [7, 11) is 0. The first-order valence-corrected chi connectivity index (χ1v) is 5.77. The first-order chi connectivity index (χ1) is 8.52. The van der Waals surface area contributed by atoms with Crippen LogP contribution in [0.1, 0.15) is 40.5 Å². The van der Waals surface area contributed by atoms with Crippen molar-refractivity contribution >= 4 is 11.6 Å². The fraction of sp³-hybridized carbons (Fsp3) is 0.200. The molecule has 0 fully saturated rings. The molecule has 0 aromatic heterocycles. The molecular formula is C15H14O3. The number of aliphatic hydroxyl groups is 1. The number of ketones is 2. The van der Waals surface area contributed by atoms with Gasteiger partial charge in [0.25, 0.3) is 0 Å². The van der Waals surface area contributed by atoms with Crippen molar-refractivity contribution in [2.75, 3.05) is 0 Å². The van der Waals surface area contributed by atoms with Gasteiger partial charge in [0, 0.05) is 16.7 Å². The van der Waals surface area contributed by atoms with Crippen LogP contribution >= 0.6 is 0 Å². The summed E-state index contributed by atoms with van der Waals surface area (Å²) in [6.45, 7) is 5.60. The summed E-state index contributed by atoms with van der Waals surface area (Å²) in [5.41, 5.74) is 1.76. The van der Waals surface area contributed by atoms with Gasteiger partial charge < -0.3 is 5.11 Å². The van der Waals surface area contributed by atoms with Gasteiger partial charge in [-0.15, -0.1) is 6.58 Å². The van der Waals surface area contributed by atoms with Gasteiger partial charge in [-0.2, -0.15) is 0 Å². The van der Waals surface area contributed by atoms with Crippen LogP contribution in [0.5, 0.6) is 0 Å². The van der Waals surface area contributed by atoms with E-state index in [9.17, 15) is 14.7 Å². The molecule has 18 heavy (non-hydrogen) atoms. The summed E-state index contributed by atoms with van der Waals surface area (Å²) in [6, 6.07) is 6.56. The van der Waals surface area contributed by atoms with Crippen LogP contribution in [0.2, 0.25) is 0 Å². The van der Waals surface area contributed by atoms with Crippen molar-refractivity contribution in [3.05, 3.63) is 58.9 Å². The molecule has 1 aromatic carbocycles. The fourth-order valence-corrected chi connectivity index (χ4v) is 1.98. The predicted octanol–water partition coefficient (Wildman–Crippen LogP) is 3.23. The third-order valence-electron chi connectivity index (χ3n) is 2.99. The SMILES string of the molecule is C=C(C)CCC1=C(O)C(=O)c2ccccc2C1=O. The number of benzene rings is 1. The quantitative estimate of drug-likeness (QED) is 0.828. The van der Waals surface area contributed by atoms with E-state index in [1.54, 1.807) is 24.3 Å². The van der Waals surface area contributed by atoms with Crippen molar-refractivity contribution in [1.82, 2.24) is 0 Å². The molecule has 92 valence electrons. The van der Waals surface area contributed by atoms with Crippen LogP contribution in [-0.4, -0.2) is 16.7 Å². The lowest BCUT2D eigenvalue weighted by Crippen LogP contribution is -2.22. The number of allylic oxidation sites excluding steroid dienone is 3. The van der Waals surface area contributed by atoms with Crippen molar-refractivity contribution in [2.24, 2.45) is 0 Å². The number of rotatable bonds is 3. The van der Waals surface area contributed by atoms with Crippen LogP contribution in [0.25, 0.3) is 0 Å². The Morgan fingerprint density at radius 3 is 2.28 bits per heavy atom. The lowest BCUT2D eigenvalue weighted by atomic mass is 9.86. The van der Waals surface area contributed by atoms with Gasteiger partial charge in [0.1, 0.15) is 0 Å².